The maximum atomic E-state index is 12.9. The third-order valence-electron chi connectivity index (χ3n) is 4.67. The molecule has 3 aliphatic rings. The van der Waals surface area contributed by atoms with Crippen LogP contribution in [0.4, 0.5) is 25.2 Å². The number of hydrogen-bond acceptors (Lipinski definition) is 4. The number of halogens is 7. The third kappa shape index (κ3) is 6.82. The Morgan fingerprint density at radius 3 is 1.00 bits per heavy atom. The van der Waals surface area contributed by atoms with E-state index in [0.29, 0.717) is 0 Å². The molecule has 3 fully saturated rings. The molecule has 0 aromatic heterocycles. The van der Waals surface area contributed by atoms with Crippen LogP contribution in [0.3, 0.4) is 0 Å². The average molecular weight is 514 g/mol. The SMILES string of the molecule is F[P-](F)(F)(F)(F)F.O=[PH](Br)[P+](N1CCCC1)(N1CCCC1)N1CCCC1. The Hall–Kier alpha value is 1.03. The van der Waals surface area contributed by atoms with Gasteiger partial charge in [0.25, 0.3) is 7.40 Å². The molecule has 3 aliphatic heterocycles. The van der Waals surface area contributed by atoms with Crippen LogP contribution in [0, 0.1) is 0 Å². The van der Waals surface area contributed by atoms with E-state index < -0.39 is 21.4 Å². The van der Waals surface area contributed by atoms with E-state index in [9.17, 15) is 29.7 Å². The van der Waals surface area contributed by atoms with Crippen molar-refractivity contribution in [2.75, 3.05) is 39.3 Å². The van der Waals surface area contributed by atoms with Crippen molar-refractivity contribution in [1.29, 1.82) is 0 Å². The van der Waals surface area contributed by atoms with Crippen LogP contribution in [0.5, 0.6) is 0 Å². The second kappa shape index (κ2) is 7.70. The van der Waals surface area contributed by atoms with Gasteiger partial charge in [0, 0.05) is 54.8 Å². The van der Waals surface area contributed by atoms with Crippen LogP contribution in [0.1, 0.15) is 38.5 Å². The Morgan fingerprint density at radius 2 is 0.846 bits per heavy atom. The van der Waals surface area contributed by atoms with E-state index in [2.05, 4.69) is 29.5 Å². The van der Waals surface area contributed by atoms with Gasteiger partial charge in [-0.3, -0.25) is 4.57 Å². The number of rotatable bonds is 4. The first-order valence-electron chi connectivity index (χ1n) is 8.63. The molecule has 0 aromatic carbocycles. The fourth-order valence-electron chi connectivity index (χ4n) is 3.81. The minimum Gasteiger partial charge on any atom is -0.265 e. The van der Waals surface area contributed by atoms with E-state index in [1.807, 2.05) is 0 Å². The van der Waals surface area contributed by atoms with Crippen molar-refractivity contribution < 1.29 is 29.7 Å². The summed E-state index contributed by atoms with van der Waals surface area (Å²) in [5.41, 5.74) is 0. The van der Waals surface area contributed by atoms with Crippen molar-refractivity contribution in [3.8, 4) is 0 Å². The van der Waals surface area contributed by atoms with E-state index in [-0.39, 0.29) is 0 Å². The minimum absolute atomic E-state index is 1.16. The standard InChI is InChI=1S/C12H25BrN3OP2.F6P/c13-18(17)19(14-7-1-2-8-14,15-9-3-4-10-15)16-11-5-6-12-16;1-7(2,3,4,5)6/h18H,1-12H2;/q+1;-1. The van der Waals surface area contributed by atoms with E-state index in [1.165, 1.54) is 38.5 Å². The molecule has 1 unspecified atom stereocenters. The second-order valence-electron chi connectivity index (χ2n) is 6.76. The van der Waals surface area contributed by atoms with E-state index >= 15 is 0 Å². The van der Waals surface area contributed by atoms with Crippen LogP contribution in [0.2, 0.25) is 0 Å². The number of nitrogens with zero attached hydrogens (tertiary/aromatic N) is 3. The van der Waals surface area contributed by atoms with Gasteiger partial charge < -0.3 is 0 Å². The molecule has 0 amide bonds. The van der Waals surface area contributed by atoms with Gasteiger partial charge in [-0.1, -0.05) is 0 Å². The molecule has 0 aromatic rings. The molecule has 0 saturated carbocycles. The molecular weight excluding hydrogens is 489 g/mol. The quantitative estimate of drug-likeness (QED) is 0.293. The first-order chi connectivity index (χ1) is 11.7. The van der Waals surface area contributed by atoms with Crippen LogP contribution >= 0.6 is 36.9 Å². The summed E-state index contributed by atoms with van der Waals surface area (Å²) in [6.45, 7) is 6.93. The summed E-state index contributed by atoms with van der Waals surface area (Å²) in [6.07, 6.45) is 5.97. The van der Waals surface area contributed by atoms with Gasteiger partial charge >= 0.3 is 39.2 Å². The summed E-state index contributed by atoms with van der Waals surface area (Å²) in [5, 5.41) is 0. The van der Waals surface area contributed by atoms with Gasteiger partial charge in [0.1, 0.15) is 0 Å². The predicted octanol–water partition coefficient (Wildman–Crippen LogP) is 7.20. The summed E-state index contributed by atoms with van der Waals surface area (Å²) < 4.78 is 79.9. The summed E-state index contributed by atoms with van der Waals surface area (Å²) in [5.74, 6) is 0. The first-order valence-corrected chi connectivity index (χ1v) is 16.8. The van der Waals surface area contributed by atoms with E-state index in [0.717, 1.165) is 39.3 Å². The molecule has 0 radical (unpaired) electrons. The third-order valence-corrected chi connectivity index (χ3v) is 16.9. The summed E-state index contributed by atoms with van der Waals surface area (Å²) in [4.78, 5) is 0. The van der Waals surface area contributed by atoms with Gasteiger partial charge in [-0.2, -0.15) is 0 Å². The van der Waals surface area contributed by atoms with E-state index in [4.69, 9.17) is 0 Å². The molecule has 0 spiro atoms. The number of hydrogen-bond donors (Lipinski definition) is 0. The molecule has 14 heteroatoms. The zero-order chi connectivity index (χ0) is 19.7. The van der Waals surface area contributed by atoms with Gasteiger partial charge in [0.2, 0.25) is 0 Å². The molecule has 1 atom stereocenters. The molecule has 0 N–H and O–H groups in total. The van der Waals surface area contributed by atoms with E-state index in [1.54, 1.807) is 0 Å². The minimum atomic E-state index is -10.7. The Morgan fingerprint density at radius 1 is 0.654 bits per heavy atom. The fraction of sp³-hybridized carbons (Fsp3) is 1.00. The maximum Gasteiger partial charge on any atom is 0.311 e. The first kappa shape index (κ1) is 23.3. The average Bonchev–Trinajstić information content (AvgIpc) is 3.21. The normalized spacial score (nSPS) is 27.7. The van der Waals surface area contributed by atoms with Gasteiger partial charge in [0.15, 0.2) is 0 Å². The van der Waals surface area contributed by atoms with Crippen LogP contribution < -0.4 is 0 Å². The molecule has 26 heavy (non-hydrogen) atoms. The van der Waals surface area contributed by atoms with Crippen molar-refractivity contribution in [3.05, 3.63) is 0 Å². The van der Waals surface area contributed by atoms with Crippen LogP contribution in [0.15, 0.2) is 0 Å². The van der Waals surface area contributed by atoms with Crippen LogP contribution in [-0.2, 0) is 4.57 Å². The second-order valence-corrected chi connectivity index (χ2v) is 19.0. The van der Waals surface area contributed by atoms with Gasteiger partial charge in [-0.25, -0.2) is 0 Å². The maximum absolute atomic E-state index is 12.9. The Labute approximate surface area is 158 Å². The van der Waals surface area contributed by atoms with Crippen molar-refractivity contribution in [3.63, 3.8) is 0 Å². The zero-order valence-corrected chi connectivity index (χ0v) is 18.7. The fourth-order valence-corrected chi connectivity index (χ4v) is 17.9. The summed E-state index contributed by atoms with van der Waals surface area (Å²) in [6, 6.07) is 0. The molecule has 3 heterocycles. The zero-order valence-electron chi connectivity index (χ0n) is 14.3. The summed E-state index contributed by atoms with van der Waals surface area (Å²) >= 11 is 3.60. The Balaban J connectivity index is 0.000000298. The predicted molar refractivity (Wildman–Crippen MR) is 101 cm³/mol. The smallest absolute Gasteiger partial charge is 0.265 e. The molecule has 158 valence electrons. The molecular formula is C12H25BrF6N3OP3. The van der Waals surface area contributed by atoms with Crippen molar-refractivity contribution in [1.82, 2.24) is 14.0 Å². The molecule has 0 bridgehead atoms. The molecule has 3 saturated heterocycles. The van der Waals surface area contributed by atoms with Gasteiger partial charge in [0.05, 0.1) is 0 Å². The Kier molecular flexibility index (Phi) is 6.90. The molecule has 3 rings (SSSR count). The van der Waals surface area contributed by atoms with Crippen molar-refractivity contribution in [2.45, 2.75) is 38.5 Å². The topological polar surface area (TPSA) is 26.8 Å². The molecule has 0 aliphatic carbocycles. The van der Waals surface area contributed by atoms with Crippen LogP contribution in [-0.4, -0.2) is 53.3 Å². The largest absolute Gasteiger partial charge is 0.311 e. The van der Waals surface area contributed by atoms with Gasteiger partial charge in [-0.05, 0) is 38.5 Å². The van der Waals surface area contributed by atoms with Gasteiger partial charge in [-0.15, -0.1) is 14.0 Å². The summed E-state index contributed by atoms with van der Waals surface area (Å²) in [7, 11) is -12.4. The monoisotopic (exact) mass is 513 g/mol. The molecule has 4 nitrogen and oxygen atoms in total. The van der Waals surface area contributed by atoms with Crippen molar-refractivity contribution >= 4 is 36.9 Å². The Bertz CT molecular complexity index is 467. The van der Waals surface area contributed by atoms with Crippen molar-refractivity contribution in [2.24, 2.45) is 0 Å². The van der Waals surface area contributed by atoms with Crippen LogP contribution in [0.25, 0.3) is 0 Å².